The Morgan fingerprint density at radius 1 is 0.829 bits per heavy atom. The summed E-state index contributed by atoms with van der Waals surface area (Å²) in [6.45, 7) is 0. The summed E-state index contributed by atoms with van der Waals surface area (Å²) in [4.78, 5) is 38.3. The number of fused-ring (bicyclic) bond motifs is 1. The van der Waals surface area contributed by atoms with E-state index in [0.717, 1.165) is 12.1 Å². The molecule has 0 aliphatic rings. The first-order valence-corrected chi connectivity index (χ1v) is 10.4. The Bertz CT molecular complexity index is 1570. The van der Waals surface area contributed by atoms with Crippen LogP contribution in [0.15, 0.2) is 85.6 Å². The van der Waals surface area contributed by atoms with Crippen molar-refractivity contribution in [1.29, 1.82) is 0 Å². The number of nitrogens with one attached hydrogen (secondary N) is 2. The molecule has 35 heavy (non-hydrogen) atoms. The Balaban J connectivity index is 1.35. The largest absolute Gasteiger partial charge is 0.323 e. The molecule has 5 rings (SSSR count). The summed E-state index contributed by atoms with van der Waals surface area (Å²) in [6, 6.07) is 13.7. The number of urea groups is 1. The summed E-state index contributed by atoms with van der Waals surface area (Å²) in [6.07, 6.45) is 6.59. The van der Waals surface area contributed by atoms with Gasteiger partial charge in [0.25, 0.3) is 0 Å². The minimum atomic E-state index is -1.08. The van der Waals surface area contributed by atoms with Crippen LogP contribution in [0.1, 0.15) is 15.9 Å². The summed E-state index contributed by atoms with van der Waals surface area (Å²) in [5, 5.41) is 4.99. The summed E-state index contributed by atoms with van der Waals surface area (Å²) in [7, 11) is 0. The van der Waals surface area contributed by atoms with Crippen LogP contribution in [-0.2, 0) is 0 Å². The first-order valence-electron chi connectivity index (χ1n) is 10.4. The lowest BCUT2D eigenvalue weighted by molar-refractivity contribution is 0.103. The first kappa shape index (κ1) is 21.8. The molecule has 3 aromatic carbocycles. The van der Waals surface area contributed by atoms with E-state index in [2.05, 4.69) is 25.6 Å². The highest BCUT2D eigenvalue weighted by atomic mass is 19.2. The predicted octanol–water partition coefficient (Wildman–Crippen LogP) is 4.97. The van der Waals surface area contributed by atoms with Gasteiger partial charge in [0.2, 0.25) is 0 Å². The van der Waals surface area contributed by atoms with E-state index < -0.39 is 17.7 Å². The van der Waals surface area contributed by atoms with Crippen molar-refractivity contribution in [1.82, 2.24) is 19.5 Å². The van der Waals surface area contributed by atoms with Crippen LogP contribution >= 0.6 is 0 Å². The zero-order chi connectivity index (χ0) is 24.4. The lowest BCUT2D eigenvalue weighted by Crippen LogP contribution is -2.19. The van der Waals surface area contributed by atoms with Gasteiger partial charge in [-0.25, -0.2) is 23.5 Å². The Hall–Kier alpha value is -4.99. The molecule has 0 saturated heterocycles. The van der Waals surface area contributed by atoms with E-state index in [-0.39, 0.29) is 11.5 Å². The fourth-order valence-electron chi connectivity index (χ4n) is 3.43. The molecule has 0 radical (unpaired) electrons. The predicted molar refractivity (Wildman–Crippen MR) is 126 cm³/mol. The van der Waals surface area contributed by atoms with Crippen molar-refractivity contribution in [3.8, 4) is 5.82 Å². The van der Waals surface area contributed by atoms with Crippen molar-refractivity contribution >= 4 is 34.2 Å². The molecule has 0 aliphatic heterocycles. The van der Waals surface area contributed by atoms with E-state index in [4.69, 9.17) is 0 Å². The van der Waals surface area contributed by atoms with Gasteiger partial charge in [-0.3, -0.25) is 14.3 Å². The van der Waals surface area contributed by atoms with Crippen LogP contribution in [0.25, 0.3) is 16.9 Å². The molecule has 172 valence electrons. The number of hydrogen-bond donors (Lipinski definition) is 2. The lowest BCUT2D eigenvalue weighted by atomic mass is 10.0. The SMILES string of the molecule is O=C(Nc1cccc(C(=O)c2ccc3ncc(-n4ccnc4)nc3c2)c1)Nc1ccc(F)c(F)c1. The molecule has 2 aromatic heterocycles. The number of imidazole rings is 1. The molecule has 8 nitrogen and oxygen atoms in total. The van der Waals surface area contributed by atoms with Crippen molar-refractivity contribution in [3.63, 3.8) is 0 Å². The molecule has 0 saturated carbocycles. The quantitative estimate of drug-likeness (QED) is 0.353. The van der Waals surface area contributed by atoms with Crippen LogP contribution in [0.5, 0.6) is 0 Å². The van der Waals surface area contributed by atoms with Gasteiger partial charge in [-0.2, -0.15) is 0 Å². The summed E-state index contributed by atoms with van der Waals surface area (Å²) in [5.74, 6) is -1.79. The van der Waals surface area contributed by atoms with Crippen LogP contribution in [-0.4, -0.2) is 31.3 Å². The molecular weight excluding hydrogens is 454 g/mol. The fourth-order valence-corrected chi connectivity index (χ4v) is 3.43. The van der Waals surface area contributed by atoms with E-state index in [9.17, 15) is 18.4 Å². The van der Waals surface area contributed by atoms with Crippen molar-refractivity contribution in [3.05, 3.63) is 108 Å². The number of anilines is 2. The molecule has 2 N–H and O–H groups in total. The van der Waals surface area contributed by atoms with Crippen molar-refractivity contribution in [2.45, 2.75) is 0 Å². The maximum Gasteiger partial charge on any atom is 0.323 e. The number of aromatic nitrogens is 4. The molecule has 0 fully saturated rings. The number of nitrogens with zero attached hydrogens (tertiary/aromatic N) is 4. The number of amides is 2. The number of ketones is 1. The van der Waals surface area contributed by atoms with E-state index >= 15 is 0 Å². The summed E-state index contributed by atoms with van der Waals surface area (Å²) >= 11 is 0. The third-order valence-corrected chi connectivity index (χ3v) is 5.12. The maximum atomic E-state index is 13.4. The zero-order valence-electron chi connectivity index (χ0n) is 17.9. The third kappa shape index (κ3) is 4.71. The maximum absolute atomic E-state index is 13.4. The van der Waals surface area contributed by atoms with E-state index in [0.29, 0.717) is 33.7 Å². The molecule has 10 heteroatoms. The molecule has 0 bridgehead atoms. The van der Waals surface area contributed by atoms with Gasteiger partial charge in [0.1, 0.15) is 6.33 Å². The molecule has 0 spiro atoms. The number of carbonyl (C=O) groups excluding carboxylic acids is 2. The molecule has 5 aromatic rings. The lowest BCUT2D eigenvalue weighted by Gasteiger charge is -2.09. The number of halogens is 2. The Morgan fingerprint density at radius 3 is 2.40 bits per heavy atom. The van der Waals surface area contributed by atoms with Gasteiger partial charge in [-0.15, -0.1) is 0 Å². The van der Waals surface area contributed by atoms with Crippen LogP contribution < -0.4 is 10.6 Å². The van der Waals surface area contributed by atoms with E-state index in [1.165, 1.54) is 12.1 Å². The number of hydrogen-bond acceptors (Lipinski definition) is 5. The number of benzene rings is 3. The van der Waals surface area contributed by atoms with E-state index in [1.807, 2.05) is 0 Å². The van der Waals surface area contributed by atoms with Crippen LogP contribution in [0.2, 0.25) is 0 Å². The second kappa shape index (κ2) is 9.10. The minimum Gasteiger partial charge on any atom is -0.308 e. The van der Waals surface area contributed by atoms with Crippen molar-refractivity contribution < 1.29 is 18.4 Å². The Labute approximate surface area is 197 Å². The van der Waals surface area contributed by atoms with Crippen molar-refractivity contribution in [2.75, 3.05) is 10.6 Å². The second-order valence-electron chi connectivity index (χ2n) is 7.52. The van der Waals surface area contributed by atoms with Crippen molar-refractivity contribution in [2.24, 2.45) is 0 Å². The molecule has 0 atom stereocenters. The number of rotatable bonds is 5. The molecule has 0 unspecified atom stereocenters. The first-order chi connectivity index (χ1) is 17.0. The highest BCUT2D eigenvalue weighted by molar-refractivity contribution is 6.11. The second-order valence-corrected chi connectivity index (χ2v) is 7.52. The monoisotopic (exact) mass is 470 g/mol. The van der Waals surface area contributed by atoms with Gasteiger partial charge in [0.05, 0.1) is 17.2 Å². The van der Waals surface area contributed by atoms with Gasteiger partial charge in [0.15, 0.2) is 23.2 Å². The van der Waals surface area contributed by atoms with E-state index in [1.54, 1.807) is 65.9 Å². The van der Waals surface area contributed by atoms with Gasteiger partial charge < -0.3 is 10.6 Å². The normalized spacial score (nSPS) is 10.8. The van der Waals surface area contributed by atoms with Gasteiger partial charge in [-0.1, -0.05) is 12.1 Å². The molecule has 2 amide bonds. The standard InChI is InChI=1S/C25H16F2N6O2/c26-19-6-5-18(12-20(19)27)31-25(35)30-17-3-1-2-15(10-17)24(34)16-4-7-21-22(11-16)32-23(13-29-21)33-9-8-28-14-33/h1-14H,(H2,30,31,35). The highest BCUT2D eigenvalue weighted by Gasteiger charge is 2.13. The van der Waals surface area contributed by atoms with Gasteiger partial charge >= 0.3 is 6.03 Å². The van der Waals surface area contributed by atoms with Gasteiger partial charge in [0, 0.05) is 41.0 Å². The molecule has 2 heterocycles. The minimum absolute atomic E-state index is 0.0842. The highest BCUT2D eigenvalue weighted by Crippen LogP contribution is 2.20. The van der Waals surface area contributed by atoms with Crippen LogP contribution in [0.3, 0.4) is 0 Å². The summed E-state index contributed by atoms with van der Waals surface area (Å²) < 4.78 is 28.1. The Kier molecular flexibility index (Phi) is 5.68. The zero-order valence-corrected chi connectivity index (χ0v) is 17.9. The van der Waals surface area contributed by atoms with Gasteiger partial charge in [-0.05, 0) is 42.5 Å². The smallest absolute Gasteiger partial charge is 0.308 e. The average molecular weight is 470 g/mol. The summed E-state index contributed by atoms with van der Waals surface area (Å²) in [5.41, 5.74) is 2.35. The Morgan fingerprint density at radius 2 is 1.63 bits per heavy atom. The van der Waals surface area contributed by atoms with Crippen LogP contribution in [0.4, 0.5) is 25.0 Å². The average Bonchev–Trinajstić information content (AvgIpc) is 3.40. The number of carbonyl (C=O) groups is 2. The molecular formula is C25H16F2N6O2. The topological polar surface area (TPSA) is 102 Å². The fraction of sp³-hybridized carbons (Fsp3) is 0. The molecule has 0 aliphatic carbocycles. The van der Waals surface area contributed by atoms with Crippen LogP contribution in [0, 0.1) is 11.6 Å². The third-order valence-electron chi connectivity index (χ3n) is 5.12.